The molecular weight excluding hydrogens is 462 g/mol. The summed E-state index contributed by atoms with van der Waals surface area (Å²) in [6.07, 6.45) is 1.72. The van der Waals surface area contributed by atoms with Gasteiger partial charge in [-0.3, -0.25) is 0 Å². The summed E-state index contributed by atoms with van der Waals surface area (Å²) < 4.78 is 3.34. The van der Waals surface area contributed by atoms with Crippen LogP contribution in [0.1, 0.15) is 5.82 Å². The molecule has 0 radical (unpaired) electrons. The van der Waals surface area contributed by atoms with E-state index in [1.54, 1.807) is 15.4 Å². The summed E-state index contributed by atoms with van der Waals surface area (Å²) in [5.74, 6) is 1.63. The molecule has 4 aromatic heterocycles. The van der Waals surface area contributed by atoms with Crippen LogP contribution in [-0.2, 0) is 0 Å². The molecule has 0 N–H and O–H groups in total. The molecule has 7 rings (SSSR count). The third-order valence-corrected chi connectivity index (χ3v) is 6.16. The maximum absolute atomic E-state index is 4.92. The molecule has 37 heavy (non-hydrogen) atoms. The Labute approximate surface area is 211 Å². The molecule has 0 fully saturated rings. The molecule has 0 aliphatic rings. The van der Waals surface area contributed by atoms with Crippen molar-refractivity contribution in [2.75, 3.05) is 0 Å². The standard InChI is InChI=1S/C28H19N9/c1-18-30-26-22(27-32-25(35-36(18)27)21-15-9-4-10-16-21)17-29-37(26)28-31-23(19-11-5-2-6-12-19)24(33-34-28)20-13-7-3-8-14-20/h2-17H,1H3. The average Bonchev–Trinajstić information content (AvgIpc) is 3.60. The largest absolute Gasteiger partial charge is 0.272 e. The number of rotatable bonds is 4. The Morgan fingerprint density at radius 3 is 1.89 bits per heavy atom. The lowest BCUT2D eigenvalue weighted by atomic mass is 10.0. The van der Waals surface area contributed by atoms with E-state index in [1.807, 2.05) is 97.9 Å². The second-order valence-electron chi connectivity index (χ2n) is 8.53. The lowest BCUT2D eigenvalue weighted by Crippen LogP contribution is -2.09. The van der Waals surface area contributed by atoms with Gasteiger partial charge >= 0.3 is 0 Å². The Hall–Kier alpha value is -5.31. The van der Waals surface area contributed by atoms with Gasteiger partial charge in [0.25, 0.3) is 5.95 Å². The topological polar surface area (TPSA) is 99.6 Å². The first-order valence-electron chi connectivity index (χ1n) is 11.8. The highest BCUT2D eigenvalue weighted by atomic mass is 15.4. The van der Waals surface area contributed by atoms with E-state index in [2.05, 4.69) is 20.4 Å². The molecule has 3 aromatic carbocycles. The van der Waals surface area contributed by atoms with Crippen LogP contribution in [0.15, 0.2) is 97.2 Å². The van der Waals surface area contributed by atoms with Gasteiger partial charge in [0.2, 0.25) is 0 Å². The van der Waals surface area contributed by atoms with E-state index in [0.29, 0.717) is 40.3 Å². The minimum absolute atomic E-state index is 0.326. The highest BCUT2D eigenvalue weighted by molar-refractivity contribution is 5.90. The number of hydrogen-bond acceptors (Lipinski definition) is 7. The van der Waals surface area contributed by atoms with Crippen molar-refractivity contribution in [2.24, 2.45) is 0 Å². The van der Waals surface area contributed by atoms with Crippen LogP contribution in [0.25, 0.3) is 56.5 Å². The summed E-state index contributed by atoms with van der Waals surface area (Å²) >= 11 is 0. The summed E-state index contributed by atoms with van der Waals surface area (Å²) in [6, 6.07) is 29.7. The predicted octanol–water partition coefficient (Wildman–Crippen LogP) is 4.96. The molecule has 0 unspecified atom stereocenters. The third kappa shape index (κ3) is 3.52. The lowest BCUT2D eigenvalue weighted by molar-refractivity contribution is 0.783. The number of aromatic nitrogens is 9. The maximum Gasteiger partial charge on any atom is 0.272 e. The fourth-order valence-corrected chi connectivity index (χ4v) is 4.37. The zero-order chi connectivity index (χ0) is 24.8. The smallest absolute Gasteiger partial charge is 0.213 e. The van der Waals surface area contributed by atoms with Gasteiger partial charge in [-0.05, 0) is 6.92 Å². The number of hydrogen-bond donors (Lipinski definition) is 0. The Balaban J connectivity index is 1.42. The average molecular weight is 482 g/mol. The molecule has 0 saturated heterocycles. The molecule has 0 spiro atoms. The van der Waals surface area contributed by atoms with Gasteiger partial charge in [-0.15, -0.1) is 15.3 Å². The highest BCUT2D eigenvalue weighted by Gasteiger charge is 2.20. The van der Waals surface area contributed by atoms with Gasteiger partial charge in [-0.25, -0.2) is 15.0 Å². The Kier molecular flexibility index (Phi) is 4.78. The van der Waals surface area contributed by atoms with E-state index >= 15 is 0 Å². The molecule has 0 bridgehead atoms. The van der Waals surface area contributed by atoms with Crippen molar-refractivity contribution in [2.45, 2.75) is 6.92 Å². The van der Waals surface area contributed by atoms with Crippen LogP contribution in [0.4, 0.5) is 0 Å². The fourth-order valence-electron chi connectivity index (χ4n) is 4.37. The van der Waals surface area contributed by atoms with E-state index in [4.69, 9.17) is 15.0 Å². The van der Waals surface area contributed by atoms with E-state index in [0.717, 1.165) is 22.1 Å². The van der Waals surface area contributed by atoms with Crippen molar-refractivity contribution in [1.82, 2.24) is 44.5 Å². The molecule has 0 aliphatic carbocycles. The van der Waals surface area contributed by atoms with Crippen LogP contribution in [0.2, 0.25) is 0 Å². The summed E-state index contributed by atoms with van der Waals surface area (Å²) in [4.78, 5) is 14.5. The van der Waals surface area contributed by atoms with Crippen LogP contribution < -0.4 is 0 Å². The van der Waals surface area contributed by atoms with Crippen molar-refractivity contribution >= 4 is 16.7 Å². The zero-order valence-electron chi connectivity index (χ0n) is 19.8. The molecule has 7 aromatic rings. The minimum Gasteiger partial charge on any atom is -0.213 e. The van der Waals surface area contributed by atoms with Gasteiger partial charge < -0.3 is 0 Å². The van der Waals surface area contributed by atoms with Gasteiger partial charge in [0.15, 0.2) is 17.1 Å². The van der Waals surface area contributed by atoms with Crippen LogP contribution in [0.3, 0.4) is 0 Å². The maximum atomic E-state index is 4.92. The van der Waals surface area contributed by atoms with Gasteiger partial charge in [0.1, 0.15) is 17.2 Å². The molecule has 0 saturated carbocycles. The molecule has 0 aliphatic heterocycles. The van der Waals surface area contributed by atoms with Crippen molar-refractivity contribution in [1.29, 1.82) is 0 Å². The number of fused-ring (bicyclic) bond motifs is 3. The first-order valence-corrected chi connectivity index (χ1v) is 11.8. The quantitative estimate of drug-likeness (QED) is 0.350. The van der Waals surface area contributed by atoms with E-state index < -0.39 is 0 Å². The molecule has 9 nitrogen and oxygen atoms in total. The third-order valence-electron chi connectivity index (χ3n) is 6.16. The summed E-state index contributed by atoms with van der Waals surface area (Å²) in [6.45, 7) is 1.89. The number of nitrogens with zero attached hydrogens (tertiary/aromatic N) is 9. The Bertz CT molecular complexity index is 1880. The highest BCUT2D eigenvalue weighted by Crippen LogP contribution is 2.29. The molecular formula is C28H19N9. The molecule has 9 heteroatoms. The normalized spacial score (nSPS) is 11.4. The predicted molar refractivity (Wildman–Crippen MR) is 140 cm³/mol. The van der Waals surface area contributed by atoms with Gasteiger partial charge in [0, 0.05) is 16.7 Å². The van der Waals surface area contributed by atoms with E-state index in [1.165, 1.54) is 0 Å². The van der Waals surface area contributed by atoms with Crippen molar-refractivity contribution < 1.29 is 0 Å². The van der Waals surface area contributed by atoms with E-state index in [-0.39, 0.29) is 0 Å². The molecule has 0 atom stereocenters. The van der Waals surface area contributed by atoms with E-state index in [9.17, 15) is 0 Å². The minimum atomic E-state index is 0.326. The lowest BCUT2D eigenvalue weighted by Gasteiger charge is -2.10. The van der Waals surface area contributed by atoms with Gasteiger partial charge in [0.05, 0.1) is 11.6 Å². The van der Waals surface area contributed by atoms with Crippen molar-refractivity contribution in [3.63, 3.8) is 0 Å². The van der Waals surface area contributed by atoms with Gasteiger partial charge in [-0.1, -0.05) is 91.0 Å². The monoisotopic (exact) mass is 481 g/mol. The SMILES string of the molecule is Cc1nc2c(cnn2-c2nnc(-c3ccccc3)c(-c3ccccc3)n2)c2nc(-c3ccccc3)nn12. The second-order valence-corrected chi connectivity index (χ2v) is 8.53. The first-order chi connectivity index (χ1) is 18.3. The first kappa shape index (κ1) is 21.0. The summed E-state index contributed by atoms with van der Waals surface area (Å²) in [7, 11) is 0. The summed E-state index contributed by atoms with van der Waals surface area (Å²) in [5.41, 5.74) is 5.48. The van der Waals surface area contributed by atoms with Crippen LogP contribution in [-0.4, -0.2) is 44.5 Å². The van der Waals surface area contributed by atoms with Gasteiger partial charge in [-0.2, -0.15) is 14.3 Å². The summed E-state index contributed by atoms with van der Waals surface area (Å²) in [5, 5.41) is 19.0. The Morgan fingerprint density at radius 2 is 1.22 bits per heavy atom. The second kappa shape index (κ2) is 8.42. The Morgan fingerprint density at radius 1 is 0.595 bits per heavy atom. The molecule has 4 heterocycles. The van der Waals surface area contributed by atoms with Crippen LogP contribution >= 0.6 is 0 Å². The molecule has 0 amide bonds. The molecule has 176 valence electrons. The van der Waals surface area contributed by atoms with Crippen molar-refractivity contribution in [3.05, 3.63) is 103 Å². The van der Waals surface area contributed by atoms with Crippen molar-refractivity contribution in [3.8, 4) is 39.9 Å². The fraction of sp³-hybridized carbons (Fsp3) is 0.0357. The zero-order valence-corrected chi connectivity index (χ0v) is 19.8. The number of benzene rings is 3. The van der Waals surface area contributed by atoms with Crippen LogP contribution in [0, 0.1) is 6.92 Å². The number of aryl methyl sites for hydroxylation is 1. The van der Waals surface area contributed by atoms with Crippen LogP contribution in [0.5, 0.6) is 0 Å².